The van der Waals surface area contributed by atoms with E-state index in [1.165, 1.54) is 29.2 Å². The Labute approximate surface area is 259 Å². The molecule has 1 N–H and O–H groups in total. The van der Waals surface area contributed by atoms with Crippen molar-refractivity contribution < 1.29 is 31.2 Å². The Hall–Kier alpha value is -3.28. The quantitative estimate of drug-likeness (QED) is 0.229. The van der Waals surface area contributed by atoms with Gasteiger partial charge in [0.15, 0.2) is 0 Å². The lowest BCUT2D eigenvalue weighted by Gasteiger charge is -2.34. The van der Waals surface area contributed by atoms with Crippen LogP contribution in [0.15, 0.2) is 77.7 Å². The molecule has 0 heterocycles. The first kappa shape index (κ1) is 34.2. The normalized spacial score (nSPS) is 13.2. The summed E-state index contributed by atoms with van der Waals surface area (Å²) in [7, 11) is -4.62. The summed E-state index contributed by atoms with van der Waals surface area (Å²) in [6.07, 6.45) is -4.03. The fourth-order valence-electron chi connectivity index (χ4n) is 4.28. The van der Waals surface area contributed by atoms with Crippen molar-refractivity contribution in [3.05, 3.63) is 94.0 Å². The molecule has 2 amide bonds. The van der Waals surface area contributed by atoms with Crippen LogP contribution in [-0.4, -0.2) is 43.8 Å². The molecule has 0 aliphatic carbocycles. The van der Waals surface area contributed by atoms with Crippen LogP contribution in [-0.2, 0) is 32.3 Å². The topological polar surface area (TPSA) is 86.8 Å². The molecule has 13 heteroatoms. The summed E-state index contributed by atoms with van der Waals surface area (Å²) in [6.45, 7) is 4.25. The number of amides is 2. The molecule has 0 fully saturated rings. The van der Waals surface area contributed by atoms with Crippen LogP contribution in [0.2, 0.25) is 10.0 Å². The van der Waals surface area contributed by atoms with Gasteiger partial charge in [-0.25, -0.2) is 8.42 Å². The third-order valence-electron chi connectivity index (χ3n) is 6.84. The van der Waals surface area contributed by atoms with Crippen molar-refractivity contribution in [1.82, 2.24) is 10.2 Å². The molecule has 7 nitrogen and oxygen atoms in total. The lowest BCUT2D eigenvalue weighted by Crippen LogP contribution is -2.53. The van der Waals surface area contributed by atoms with Gasteiger partial charge in [0.25, 0.3) is 10.0 Å². The molecule has 3 rings (SSSR count). The molecule has 0 saturated carbocycles. The zero-order valence-corrected chi connectivity index (χ0v) is 26.1. The van der Waals surface area contributed by atoms with E-state index in [-0.39, 0.29) is 28.9 Å². The minimum absolute atomic E-state index is 0.161. The van der Waals surface area contributed by atoms with E-state index in [0.717, 1.165) is 12.1 Å². The van der Waals surface area contributed by atoms with E-state index in [1.807, 2.05) is 6.92 Å². The molecule has 43 heavy (non-hydrogen) atoms. The van der Waals surface area contributed by atoms with Gasteiger partial charge in [0.05, 0.1) is 21.2 Å². The van der Waals surface area contributed by atoms with Crippen molar-refractivity contribution in [3.8, 4) is 0 Å². The largest absolute Gasteiger partial charge is 0.416 e. The summed E-state index contributed by atoms with van der Waals surface area (Å²) in [5, 5.41) is 2.84. The van der Waals surface area contributed by atoms with Crippen LogP contribution in [0.25, 0.3) is 0 Å². The highest BCUT2D eigenvalue weighted by Crippen LogP contribution is 2.37. The van der Waals surface area contributed by atoms with Crippen LogP contribution in [0.3, 0.4) is 0 Å². The van der Waals surface area contributed by atoms with Crippen LogP contribution in [0.4, 0.5) is 18.9 Å². The molecule has 0 aliphatic heterocycles. The van der Waals surface area contributed by atoms with Gasteiger partial charge in [-0.2, -0.15) is 13.2 Å². The maximum atomic E-state index is 14.1. The van der Waals surface area contributed by atoms with Gasteiger partial charge >= 0.3 is 6.18 Å². The Morgan fingerprint density at radius 2 is 1.53 bits per heavy atom. The first-order valence-electron chi connectivity index (χ1n) is 13.5. The molecule has 0 bridgehead atoms. The summed E-state index contributed by atoms with van der Waals surface area (Å²) in [5.41, 5.74) is -1.20. The SMILES string of the molecule is CC[C@@H](C)NC(=O)[C@@H](CC)N(Cc1ccccc1Cl)C(=O)CN(c1cc(C(F)(F)F)ccc1Cl)S(=O)(=O)c1ccccc1. The minimum Gasteiger partial charge on any atom is -0.352 e. The van der Waals surface area contributed by atoms with E-state index < -0.39 is 51.9 Å². The highest BCUT2D eigenvalue weighted by molar-refractivity contribution is 7.92. The summed E-state index contributed by atoms with van der Waals surface area (Å²) < 4.78 is 69.4. The van der Waals surface area contributed by atoms with Crippen molar-refractivity contribution in [2.24, 2.45) is 0 Å². The Bertz CT molecular complexity index is 1540. The lowest BCUT2D eigenvalue weighted by molar-refractivity contribution is -0.140. The highest BCUT2D eigenvalue weighted by Gasteiger charge is 2.37. The number of sulfonamides is 1. The highest BCUT2D eigenvalue weighted by atomic mass is 35.5. The number of nitrogens with zero attached hydrogens (tertiary/aromatic N) is 2. The maximum absolute atomic E-state index is 14.1. The van der Waals surface area contributed by atoms with Crippen molar-refractivity contribution in [3.63, 3.8) is 0 Å². The van der Waals surface area contributed by atoms with Crippen LogP contribution < -0.4 is 9.62 Å². The van der Waals surface area contributed by atoms with Gasteiger partial charge < -0.3 is 10.2 Å². The van der Waals surface area contributed by atoms with Crippen molar-refractivity contribution in [1.29, 1.82) is 0 Å². The number of nitrogens with one attached hydrogen (secondary N) is 1. The molecular weight excluding hydrogens is 626 g/mol. The van der Waals surface area contributed by atoms with Gasteiger partial charge in [0.2, 0.25) is 11.8 Å². The van der Waals surface area contributed by atoms with E-state index in [1.54, 1.807) is 44.2 Å². The fraction of sp³-hybridized carbons (Fsp3) is 0.333. The predicted octanol–water partition coefficient (Wildman–Crippen LogP) is 6.93. The van der Waals surface area contributed by atoms with E-state index in [9.17, 15) is 31.2 Å². The average Bonchev–Trinajstić information content (AvgIpc) is 2.96. The lowest BCUT2D eigenvalue weighted by atomic mass is 10.1. The second-order valence-corrected chi connectivity index (χ2v) is 12.5. The van der Waals surface area contributed by atoms with Gasteiger partial charge in [0, 0.05) is 17.6 Å². The summed E-state index contributed by atoms with van der Waals surface area (Å²) in [6, 6.07) is 14.6. The van der Waals surface area contributed by atoms with Crippen molar-refractivity contribution >= 4 is 50.7 Å². The number of carbonyl (C=O) groups is 2. The predicted molar refractivity (Wildman–Crippen MR) is 161 cm³/mol. The summed E-state index contributed by atoms with van der Waals surface area (Å²) >= 11 is 12.7. The first-order chi connectivity index (χ1) is 20.2. The zero-order valence-electron chi connectivity index (χ0n) is 23.7. The van der Waals surface area contributed by atoms with E-state index in [0.29, 0.717) is 27.4 Å². The van der Waals surface area contributed by atoms with Crippen LogP contribution >= 0.6 is 23.2 Å². The molecule has 0 spiro atoms. The number of carbonyl (C=O) groups excluding carboxylic acids is 2. The zero-order chi connectivity index (χ0) is 31.9. The number of rotatable bonds is 12. The average molecular weight is 659 g/mol. The van der Waals surface area contributed by atoms with Gasteiger partial charge in [-0.05, 0) is 61.7 Å². The monoisotopic (exact) mass is 657 g/mol. The third-order valence-corrected chi connectivity index (χ3v) is 9.30. The smallest absolute Gasteiger partial charge is 0.352 e. The van der Waals surface area contributed by atoms with Gasteiger partial charge in [-0.3, -0.25) is 13.9 Å². The van der Waals surface area contributed by atoms with Gasteiger partial charge in [-0.1, -0.05) is 73.4 Å². The van der Waals surface area contributed by atoms with Crippen molar-refractivity contribution in [2.75, 3.05) is 10.8 Å². The van der Waals surface area contributed by atoms with Gasteiger partial charge in [-0.15, -0.1) is 0 Å². The number of alkyl halides is 3. The first-order valence-corrected chi connectivity index (χ1v) is 15.7. The van der Waals surface area contributed by atoms with Crippen molar-refractivity contribution in [2.45, 2.75) is 63.3 Å². The number of anilines is 1. The van der Waals surface area contributed by atoms with Crippen LogP contribution in [0.5, 0.6) is 0 Å². The van der Waals surface area contributed by atoms with E-state index in [2.05, 4.69) is 5.32 Å². The minimum atomic E-state index is -4.82. The molecule has 2 atom stereocenters. The molecule has 0 saturated heterocycles. The Morgan fingerprint density at radius 1 is 0.907 bits per heavy atom. The fourth-order valence-corrected chi connectivity index (χ4v) is 6.20. The third kappa shape index (κ3) is 8.43. The Kier molecular flexibility index (Phi) is 11.5. The second-order valence-electron chi connectivity index (χ2n) is 9.84. The second kappa shape index (κ2) is 14.5. The summed E-state index contributed by atoms with van der Waals surface area (Å²) in [5.74, 6) is -1.31. The number of halogens is 5. The molecule has 0 unspecified atom stereocenters. The number of hydrogen-bond donors (Lipinski definition) is 1. The molecule has 0 aliphatic rings. The molecular formula is C30H32Cl2F3N3O4S. The van der Waals surface area contributed by atoms with Crippen LogP contribution in [0, 0.1) is 0 Å². The molecule has 0 aromatic heterocycles. The molecule has 3 aromatic rings. The van der Waals surface area contributed by atoms with E-state index in [4.69, 9.17) is 23.2 Å². The number of hydrogen-bond acceptors (Lipinski definition) is 4. The van der Waals surface area contributed by atoms with E-state index >= 15 is 0 Å². The molecule has 3 aromatic carbocycles. The maximum Gasteiger partial charge on any atom is 0.416 e. The molecule has 0 radical (unpaired) electrons. The standard InChI is InChI=1S/C30H32Cl2F3N3O4S/c1-4-20(3)36-29(40)26(5-2)37(18-21-11-9-10-14-24(21)31)28(39)19-38(43(41,42)23-12-7-6-8-13-23)27-17-22(30(33,34)35)15-16-25(27)32/h6-17,20,26H,4-5,18-19H2,1-3H3,(H,36,40)/t20-,26-/m1/s1. The Morgan fingerprint density at radius 3 is 2.12 bits per heavy atom. The molecule has 232 valence electrons. The number of benzene rings is 3. The summed E-state index contributed by atoms with van der Waals surface area (Å²) in [4.78, 5) is 28.4. The van der Waals surface area contributed by atoms with Gasteiger partial charge in [0.1, 0.15) is 12.6 Å². The Balaban J connectivity index is 2.16. The van der Waals surface area contributed by atoms with Crippen LogP contribution in [0.1, 0.15) is 44.7 Å².